The second-order valence-corrected chi connectivity index (χ2v) is 4.27. The number of carboxylic acids is 2. The van der Waals surface area contributed by atoms with E-state index in [1.165, 1.54) is 18.3 Å². The number of carbonyl (C=O) groups is 2. The number of benzene rings is 1. The number of aromatic nitrogens is 1. The number of nitrogens with zero attached hydrogens (tertiary/aromatic N) is 3. The highest BCUT2D eigenvalue weighted by Gasteiger charge is 2.11. The maximum absolute atomic E-state index is 11.0. The predicted molar refractivity (Wildman–Crippen MR) is 80.2 cm³/mol. The summed E-state index contributed by atoms with van der Waals surface area (Å²) in [6.07, 6.45) is 1.51. The van der Waals surface area contributed by atoms with Crippen LogP contribution in [0.15, 0.2) is 52.8 Å². The number of pyridine rings is 1. The Bertz CT molecular complexity index is 808. The van der Waals surface area contributed by atoms with Crippen LogP contribution in [0, 0.1) is 5.41 Å². The summed E-state index contributed by atoms with van der Waals surface area (Å²) in [4.78, 5) is 26.0. The van der Waals surface area contributed by atoms with Crippen molar-refractivity contribution < 1.29 is 19.8 Å². The second kappa shape index (κ2) is 6.88. The highest BCUT2D eigenvalue weighted by molar-refractivity contribution is 5.95. The molecule has 114 valence electrons. The first-order valence-corrected chi connectivity index (χ1v) is 6.26. The largest absolute Gasteiger partial charge is 0.478 e. The van der Waals surface area contributed by atoms with Crippen molar-refractivity contribution in [3.8, 4) is 0 Å². The molecule has 1 aromatic carbocycles. The zero-order valence-corrected chi connectivity index (χ0v) is 11.6. The summed E-state index contributed by atoms with van der Waals surface area (Å²) >= 11 is 0. The molecule has 0 radical (unpaired) electrons. The predicted octanol–water partition coefficient (Wildman–Crippen LogP) is 2.85. The van der Waals surface area contributed by atoms with Crippen molar-refractivity contribution in [2.24, 2.45) is 10.2 Å². The van der Waals surface area contributed by atoms with Crippen LogP contribution in [0.5, 0.6) is 0 Å². The van der Waals surface area contributed by atoms with Crippen molar-refractivity contribution >= 4 is 29.2 Å². The monoisotopic (exact) mass is 310 g/mol. The van der Waals surface area contributed by atoms with Crippen molar-refractivity contribution in [2.45, 2.75) is 0 Å². The minimum atomic E-state index is -1.28. The number of nitrogens with one attached hydrogen (secondary N) is 1. The molecule has 2 aromatic rings. The van der Waals surface area contributed by atoms with Gasteiger partial charge in [-0.15, -0.1) is 10.2 Å². The third kappa shape index (κ3) is 3.93. The van der Waals surface area contributed by atoms with Gasteiger partial charge in [0.05, 0.1) is 16.8 Å². The van der Waals surface area contributed by atoms with Gasteiger partial charge in [0.1, 0.15) is 5.69 Å². The van der Waals surface area contributed by atoms with Crippen molar-refractivity contribution in [2.75, 3.05) is 0 Å². The fraction of sp³-hybridized carbons (Fsp3) is 0. The molecule has 0 saturated carbocycles. The van der Waals surface area contributed by atoms with E-state index in [0.717, 1.165) is 6.07 Å². The van der Waals surface area contributed by atoms with Crippen LogP contribution < -0.4 is 0 Å². The number of carboxylic acid groups (broad SMARTS) is 2. The summed E-state index contributed by atoms with van der Waals surface area (Å²) < 4.78 is 0. The number of aromatic carboxylic acids is 2. The molecule has 0 spiro atoms. The molecular formula is C15H10N4O4. The van der Waals surface area contributed by atoms with Crippen LogP contribution in [0.1, 0.15) is 26.4 Å². The lowest BCUT2D eigenvalue weighted by Gasteiger charge is -2.01. The topological polar surface area (TPSA) is 136 Å². The van der Waals surface area contributed by atoms with Crippen LogP contribution >= 0.6 is 0 Å². The molecular weight excluding hydrogens is 300 g/mol. The maximum Gasteiger partial charge on any atom is 0.335 e. The van der Waals surface area contributed by atoms with E-state index in [4.69, 9.17) is 15.6 Å². The van der Waals surface area contributed by atoms with E-state index in [1.54, 1.807) is 18.2 Å². The fourth-order valence-electron chi connectivity index (χ4n) is 1.67. The van der Waals surface area contributed by atoms with Gasteiger partial charge in [-0.1, -0.05) is 6.07 Å². The Morgan fingerprint density at radius 3 is 2.22 bits per heavy atom. The normalized spacial score (nSPS) is 10.3. The molecule has 0 aliphatic heterocycles. The minimum Gasteiger partial charge on any atom is -0.478 e. The smallest absolute Gasteiger partial charge is 0.335 e. The molecule has 0 aliphatic rings. The van der Waals surface area contributed by atoms with E-state index in [0.29, 0.717) is 5.69 Å². The zero-order chi connectivity index (χ0) is 16.8. The highest BCUT2D eigenvalue weighted by Crippen LogP contribution is 2.21. The molecule has 0 fully saturated rings. The third-order valence-electron chi connectivity index (χ3n) is 2.70. The van der Waals surface area contributed by atoms with Gasteiger partial charge in [-0.05, 0) is 30.3 Å². The fourth-order valence-corrected chi connectivity index (χ4v) is 1.67. The summed E-state index contributed by atoms with van der Waals surface area (Å²) in [5.41, 5.74) is -0.0255. The Kier molecular flexibility index (Phi) is 4.71. The molecule has 8 nitrogen and oxygen atoms in total. The molecule has 23 heavy (non-hydrogen) atoms. The molecule has 1 heterocycles. The SMILES string of the molecule is N=C=C(N=Nc1cc(C(=O)O)cc(C(=O)O)c1)c1ccccn1. The Hall–Kier alpha value is -3.64. The van der Waals surface area contributed by atoms with Crippen LogP contribution in [0.25, 0.3) is 5.70 Å². The Balaban J connectivity index is 2.40. The molecule has 0 aliphatic carbocycles. The molecule has 0 bridgehead atoms. The number of rotatable bonds is 5. The van der Waals surface area contributed by atoms with Gasteiger partial charge in [-0.25, -0.2) is 9.59 Å². The van der Waals surface area contributed by atoms with Gasteiger partial charge in [-0.2, -0.15) is 0 Å². The first kappa shape index (κ1) is 15.7. The van der Waals surface area contributed by atoms with Gasteiger partial charge in [0.15, 0.2) is 5.70 Å². The lowest BCUT2D eigenvalue weighted by atomic mass is 10.1. The standard InChI is InChI=1S/C15H10N4O4/c16-8-13(12-3-1-2-4-17-12)19-18-11-6-9(14(20)21)5-10(7-11)15(22)23/h1-7,16H,(H,20,21)(H,22,23). The van der Waals surface area contributed by atoms with Crippen LogP contribution in [0.2, 0.25) is 0 Å². The van der Waals surface area contributed by atoms with Gasteiger partial charge in [0, 0.05) is 12.1 Å². The quantitative estimate of drug-likeness (QED) is 0.576. The van der Waals surface area contributed by atoms with Crippen LogP contribution in [0.4, 0.5) is 5.69 Å². The van der Waals surface area contributed by atoms with Crippen molar-refractivity contribution in [3.05, 3.63) is 59.4 Å². The molecule has 0 atom stereocenters. The lowest BCUT2D eigenvalue weighted by Crippen LogP contribution is -2.01. The summed E-state index contributed by atoms with van der Waals surface area (Å²) in [6, 6.07) is 8.37. The average molecular weight is 310 g/mol. The molecule has 0 saturated heterocycles. The second-order valence-electron chi connectivity index (χ2n) is 4.27. The van der Waals surface area contributed by atoms with E-state index < -0.39 is 11.9 Å². The highest BCUT2D eigenvalue weighted by atomic mass is 16.4. The number of azo groups is 1. The van der Waals surface area contributed by atoms with Gasteiger partial charge in [0.25, 0.3) is 0 Å². The van der Waals surface area contributed by atoms with Crippen LogP contribution in [-0.4, -0.2) is 33.0 Å². The van der Waals surface area contributed by atoms with Crippen molar-refractivity contribution in [1.29, 1.82) is 5.41 Å². The zero-order valence-electron chi connectivity index (χ0n) is 11.6. The molecule has 2 rings (SSSR count). The Morgan fingerprint density at radius 1 is 1.09 bits per heavy atom. The van der Waals surface area contributed by atoms with Gasteiger partial charge in [-0.3, -0.25) is 10.4 Å². The number of hydrogen-bond donors (Lipinski definition) is 3. The van der Waals surface area contributed by atoms with Crippen molar-refractivity contribution in [1.82, 2.24) is 4.98 Å². The number of hydrogen-bond acceptors (Lipinski definition) is 6. The molecule has 8 heteroatoms. The molecule has 0 unspecified atom stereocenters. The van der Waals surface area contributed by atoms with Gasteiger partial charge < -0.3 is 10.2 Å². The first-order valence-electron chi connectivity index (χ1n) is 6.26. The summed E-state index contributed by atoms with van der Waals surface area (Å²) in [5.74, 6) is -0.486. The Morgan fingerprint density at radius 2 is 1.74 bits per heavy atom. The lowest BCUT2D eigenvalue weighted by molar-refractivity contribution is 0.0696. The average Bonchev–Trinajstić information content (AvgIpc) is 2.56. The molecule has 1 aromatic heterocycles. The first-order chi connectivity index (χ1) is 11.0. The van der Waals surface area contributed by atoms with Crippen molar-refractivity contribution in [3.63, 3.8) is 0 Å². The summed E-state index contributed by atoms with van der Waals surface area (Å²) in [5, 5.41) is 32.8. The Labute approximate surface area is 130 Å². The third-order valence-corrected chi connectivity index (χ3v) is 2.70. The summed E-state index contributed by atoms with van der Waals surface area (Å²) in [6.45, 7) is 0. The minimum absolute atomic E-state index is 0.0307. The van der Waals surface area contributed by atoms with Gasteiger partial charge in [0.2, 0.25) is 0 Å². The van der Waals surface area contributed by atoms with Gasteiger partial charge >= 0.3 is 11.9 Å². The molecule has 0 amide bonds. The van der Waals surface area contributed by atoms with E-state index in [-0.39, 0.29) is 22.5 Å². The maximum atomic E-state index is 11.0. The van der Waals surface area contributed by atoms with Crippen LogP contribution in [-0.2, 0) is 0 Å². The summed E-state index contributed by atoms with van der Waals surface area (Å²) in [7, 11) is 0. The van der Waals surface area contributed by atoms with Crippen LogP contribution in [0.3, 0.4) is 0 Å². The van der Waals surface area contributed by atoms with E-state index in [2.05, 4.69) is 21.1 Å². The van der Waals surface area contributed by atoms with E-state index in [1.807, 2.05) is 0 Å². The van der Waals surface area contributed by atoms with E-state index in [9.17, 15) is 9.59 Å². The van der Waals surface area contributed by atoms with E-state index >= 15 is 0 Å². The molecule has 3 N–H and O–H groups in total.